The minimum Gasteiger partial charge on any atom is -0.496 e. The van der Waals surface area contributed by atoms with E-state index in [9.17, 15) is 0 Å². The highest BCUT2D eigenvalue weighted by Gasteiger charge is 2.30. The van der Waals surface area contributed by atoms with Crippen molar-refractivity contribution in [2.45, 2.75) is 17.9 Å². The van der Waals surface area contributed by atoms with E-state index in [0.717, 1.165) is 18.8 Å². The number of hydrogen-bond acceptors (Lipinski definition) is 2. The molecule has 0 N–H and O–H groups in total. The largest absolute Gasteiger partial charge is 0.496 e. The van der Waals surface area contributed by atoms with Crippen LogP contribution in [0.15, 0.2) is 23.5 Å². The molecule has 66 valence electrons. The second-order valence-corrected chi connectivity index (χ2v) is 3.42. The molecule has 0 spiro atoms. The van der Waals surface area contributed by atoms with Gasteiger partial charge >= 0.3 is 0 Å². The first-order chi connectivity index (χ1) is 5.83. The Morgan fingerprint density at radius 1 is 1.67 bits per heavy atom. The highest BCUT2D eigenvalue weighted by molar-refractivity contribution is 6.23. The van der Waals surface area contributed by atoms with E-state index in [-0.39, 0.29) is 11.5 Å². The van der Waals surface area contributed by atoms with Crippen LogP contribution in [-0.4, -0.2) is 25.2 Å². The fourth-order valence-electron chi connectivity index (χ4n) is 1.56. The predicted molar refractivity (Wildman–Crippen MR) is 47.2 cm³/mol. The second-order valence-electron chi connectivity index (χ2n) is 2.95. The summed E-state index contributed by atoms with van der Waals surface area (Å²) in [5, 5.41) is -0.141. The molecule has 0 amide bonds. The number of rotatable bonds is 1. The summed E-state index contributed by atoms with van der Waals surface area (Å²) in [4.78, 5) is 0. The van der Waals surface area contributed by atoms with Crippen LogP contribution in [-0.2, 0) is 9.47 Å². The Morgan fingerprint density at radius 3 is 3.25 bits per heavy atom. The van der Waals surface area contributed by atoms with Crippen LogP contribution in [0, 0.1) is 0 Å². The fraction of sp³-hybridized carbons (Fsp3) is 0.556. The van der Waals surface area contributed by atoms with Crippen LogP contribution in [0.4, 0.5) is 0 Å². The van der Waals surface area contributed by atoms with Crippen molar-refractivity contribution in [2.75, 3.05) is 13.7 Å². The van der Waals surface area contributed by atoms with E-state index in [4.69, 9.17) is 21.1 Å². The Labute approximate surface area is 76.8 Å². The van der Waals surface area contributed by atoms with Crippen LogP contribution in [0.1, 0.15) is 6.42 Å². The summed E-state index contributed by atoms with van der Waals surface area (Å²) < 4.78 is 10.6. The van der Waals surface area contributed by atoms with Crippen molar-refractivity contribution >= 4 is 11.6 Å². The Morgan fingerprint density at radius 2 is 2.50 bits per heavy atom. The lowest BCUT2D eigenvalue weighted by atomic mass is 10.0. The molecule has 1 aliphatic heterocycles. The van der Waals surface area contributed by atoms with Gasteiger partial charge in [-0.3, -0.25) is 0 Å². The molecule has 1 heterocycles. The van der Waals surface area contributed by atoms with Crippen LogP contribution in [0.3, 0.4) is 0 Å². The summed E-state index contributed by atoms with van der Waals surface area (Å²) in [7, 11) is 1.66. The van der Waals surface area contributed by atoms with Crippen LogP contribution < -0.4 is 0 Å². The summed E-state index contributed by atoms with van der Waals surface area (Å²) in [6.07, 6.45) is 4.98. The van der Waals surface area contributed by atoms with E-state index in [1.165, 1.54) is 5.57 Å². The van der Waals surface area contributed by atoms with Crippen molar-refractivity contribution in [2.24, 2.45) is 0 Å². The second kappa shape index (κ2) is 3.11. The van der Waals surface area contributed by atoms with Gasteiger partial charge in [-0.15, -0.1) is 11.6 Å². The van der Waals surface area contributed by atoms with Gasteiger partial charge in [0.15, 0.2) is 0 Å². The zero-order valence-electron chi connectivity index (χ0n) is 6.92. The monoisotopic (exact) mass is 186 g/mol. The van der Waals surface area contributed by atoms with Crippen molar-refractivity contribution in [3.05, 3.63) is 23.5 Å². The molecule has 0 radical (unpaired) electrons. The van der Waals surface area contributed by atoms with Crippen LogP contribution in [0.2, 0.25) is 0 Å². The Balaban J connectivity index is 2.23. The third-order valence-electron chi connectivity index (χ3n) is 2.24. The van der Waals surface area contributed by atoms with Gasteiger partial charge in [0, 0.05) is 13.5 Å². The average molecular weight is 187 g/mol. The number of allylic oxidation sites excluding steroid dienone is 1. The average Bonchev–Trinajstić information content (AvgIpc) is 2.53. The summed E-state index contributed by atoms with van der Waals surface area (Å²) >= 11 is 6.12. The molecule has 0 bridgehead atoms. The molecular formula is C9H11ClO2. The van der Waals surface area contributed by atoms with Gasteiger partial charge in [-0.05, 0) is 5.57 Å². The van der Waals surface area contributed by atoms with Crippen molar-refractivity contribution < 1.29 is 9.47 Å². The zero-order valence-corrected chi connectivity index (χ0v) is 7.67. The van der Waals surface area contributed by atoms with Gasteiger partial charge in [-0.25, -0.2) is 0 Å². The number of alkyl halides is 1. The molecule has 12 heavy (non-hydrogen) atoms. The Kier molecular flexibility index (Phi) is 2.11. The highest BCUT2D eigenvalue weighted by Crippen LogP contribution is 2.32. The van der Waals surface area contributed by atoms with Crippen molar-refractivity contribution in [3.8, 4) is 0 Å². The van der Waals surface area contributed by atoms with Gasteiger partial charge in [0.2, 0.25) is 0 Å². The van der Waals surface area contributed by atoms with Crippen molar-refractivity contribution in [3.63, 3.8) is 0 Å². The van der Waals surface area contributed by atoms with Crippen molar-refractivity contribution in [1.82, 2.24) is 0 Å². The first-order valence-corrected chi connectivity index (χ1v) is 4.47. The lowest BCUT2D eigenvalue weighted by Crippen LogP contribution is -2.26. The molecule has 0 saturated carbocycles. The highest BCUT2D eigenvalue weighted by atomic mass is 35.5. The number of methoxy groups -OCH3 is 1. The molecule has 2 rings (SSSR count). The maximum Gasteiger partial charge on any atom is 0.121 e. The number of halogens is 1. The molecule has 2 nitrogen and oxygen atoms in total. The molecule has 0 aromatic carbocycles. The predicted octanol–water partition coefficient (Wildman–Crippen LogP) is 1.85. The lowest BCUT2D eigenvalue weighted by Gasteiger charge is -2.22. The van der Waals surface area contributed by atoms with E-state index in [2.05, 4.69) is 6.08 Å². The van der Waals surface area contributed by atoms with Gasteiger partial charge in [-0.2, -0.15) is 0 Å². The van der Waals surface area contributed by atoms with E-state index < -0.39 is 0 Å². The lowest BCUT2D eigenvalue weighted by molar-refractivity contribution is 0.122. The van der Waals surface area contributed by atoms with Crippen LogP contribution in [0.5, 0.6) is 0 Å². The summed E-state index contributed by atoms with van der Waals surface area (Å²) in [6.45, 7) is 0.759. The Bertz CT molecular complexity index is 245. The van der Waals surface area contributed by atoms with Gasteiger partial charge < -0.3 is 9.47 Å². The molecule has 1 aliphatic carbocycles. The van der Waals surface area contributed by atoms with Gasteiger partial charge in [0.1, 0.15) is 11.1 Å². The fourth-order valence-corrected chi connectivity index (χ4v) is 1.95. The molecule has 3 heteroatoms. The molecule has 0 fully saturated rings. The third-order valence-corrected chi connectivity index (χ3v) is 2.69. The molecule has 0 saturated heterocycles. The minimum atomic E-state index is -0.141. The summed E-state index contributed by atoms with van der Waals surface area (Å²) in [5.74, 6) is 0.908. The number of ether oxygens (including phenoxy) is 2. The zero-order chi connectivity index (χ0) is 8.55. The third kappa shape index (κ3) is 1.15. The van der Waals surface area contributed by atoms with Gasteiger partial charge in [0.05, 0.1) is 12.7 Å². The Hall–Kier alpha value is -0.470. The van der Waals surface area contributed by atoms with Gasteiger partial charge in [-0.1, -0.05) is 12.2 Å². The first-order valence-electron chi connectivity index (χ1n) is 4.04. The standard InChI is InChI=1S/C9H11ClO2/c1-11-7-3-2-6-4-5-12-9(6)8(7)10/h2-3,7-8H,4-5H2,1H3. The molecule has 2 unspecified atom stereocenters. The van der Waals surface area contributed by atoms with Crippen LogP contribution >= 0.6 is 11.6 Å². The molecular weight excluding hydrogens is 176 g/mol. The number of hydrogen-bond donors (Lipinski definition) is 0. The minimum absolute atomic E-state index is 0.0384. The van der Waals surface area contributed by atoms with E-state index >= 15 is 0 Å². The summed E-state index contributed by atoms with van der Waals surface area (Å²) in [6, 6.07) is 0. The quantitative estimate of drug-likeness (QED) is 0.582. The molecule has 2 aliphatic rings. The normalized spacial score (nSPS) is 33.5. The molecule has 0 aromatic heterocycles. The van der Waals surface area contributed by atoms with E-state index in [1.807, 2.05) is 6.08 Å². The molecule has 2 atom stereocenters. The first kappa shape index (κ1) is 8.14. The van der Waals surface area contributed by atoms with Gasteiger partial charge in [0.25, 0.3) is 0 Å². The maximum absolute atomic E-state index is 6.12. The van der Waals surface area contributed by atoms with Crippen molar-refractivity contribution in [1.29, 1.82) is 0 Å². The van der Waals surface area contributed by atoms with Crippen LogP contribution in [0.25, 0.3) is 0 Å². The van der Waals surface area contributed by atoms with E-state index in [1.54, 1.807) is 7.11 Å². The van der Waals surface area contributed by atoms with E-state index in [0.29, 0.717) is 0 Å². The SMILES string of the molecule is COC1C=CC2=C(OCC2)C1Cl. The smallest absolute Gasteiger partial charge is 0.121 e. The maximum atomic E-state index is 6.12. The summed E-state index contributed by atoms with van der Waals surface area (Å²) in [5.41, 5.74) is 1.23. The topological polar surface area (TPSA) is 18.5 Å². The molecule has 0 aromatic rings.